The maximum atomic E-state index is 6.34. The lowest BCUT2D eigenvalue weighted by Crippen LogP contribution is -2.13. The number of nitrogens with two attached hydrogens (primary N) is 1. The van der Waals surface area contributed by atoms with Crippen LogP contribution in [-0.4, -0.2) is 0 Å². The normalized spacial score (nSPS) is 12.8. The van der Waals surface area contributed by atoms with E-state index in [9.17, 15) is 0 Å². The van der Waals surface area contributed by atoms with Gasteiger partial charge in [0.1, 0.15) is 0 Å². The summed E-state index contributed by atoms with van der Waals surface area (Å²) in [4.78, 5) is 1.32. The topological polar surface area (TPSA) is 26.0 Å². The van der Waals surface area contributed by atoms with Crippen LogP contribution in [0.4, 0.5) is 0 Å². The maximum Gasteiger partial charge on any atom is 0.0565 e. The van der Waals surface area contributed by atoms with Crippen molar-refractivity contribution < 1.29 is 0 Å². The molecule has 2 rings (SSSR count). The minimum atomic E-state index is 0.00569. The van der Waals surface area contributed by atoms with Crippen molar-refractivity contribution in [2.75, 3.05) is 0 Å². The van der Waals surface area contributed by atoms with Crippen LogP contribution in [0, 0.1) is 20.8 Å². The number of rotatable bonds is 2. The monoisotopic (exact) mass is 231 g/mol. The summed E-state index contributed by atoms with van der Waals surface area (Å²) in [5.41, 5.74) is 11.4. The van der Waals surface area contributed by atoms with Crippen LogP contribution in [0.15, 0.2) is 29.6 Å². The van der Waals surface area contributed by atoms with E-state index in [4.69, 9.17) is 5.73 Å². The average Bonchev–Trinajstić information content (AvgIpc) is 2.64. The van der Waals surface area contributed by atoms with Gasteiger partial charge in [-0.1, -0.05) is 18.2 Å². The van der Waals surface area contributed by atoms with Gasteiger partial charge in [0, 0.05) is 4.88 Å². The molecule has 84 valence electrons. The Balaban J connectivity index is 2.45. The molecule has 0 aliphatic heterocycles. The molecule has 2 N–H and O–H groups in total. The van der Waals surface area contributed by atoms with Gasteiger partial charge in [-0.25, -0.2) is 0 Å². The Labute approximate surface area is 101 Å². The molecule has 1 unspecified atom stereocenters. The van der Waals surface area contributed by atoms with Crippen LogP contribution in [0.2, 0.25) is 0 Å². The second-order valence-electron chi connectivity index (χ2n) is 4.27. The summed E-state index contributed by atoms with van der Waals surface area (Å²) in [5, 5.41) is 2.16. The third kappa shape index (κ3) is 2.04. The molecule has 0 saturated carbocycles. The van der Waals surface area contributed by atoms with Gasteiger partial charge >= 0.3 is 0 Å². The van der Waals surface area contributed by atoms with Gasteiger partial charge in [-0.3, -0.25) is 0 Å². The Morgan fingerprint density at radius 1 is 1.12 bits per heavy atom. The second kappa shape index (κ2) is 4.40. The molecule has 0 bridgehead atoms. The van der Waals surface area contributed by atoms with Gasteiger partial charge in [-0.15, -0.1) is 11.3 Å². The van der Waals surface area contributed by atoms with E-state index < -0.39 is 0 Å². The third-order valence-corrected chi connectivity index (χ3v) is 3.84. The van der Waals surface area contributed by atoms with E-state index in [1.165, 1.54) is 27.1 Å². The summed E-state index contributed by atoms with van der Waals surface area (Å²) < 4.78 is 0. The number of hydrogen-bond donors (Lipinski definition) is 1. The number of aryl methyl sites for hydroxylation is 3. The Morgan fingerprint density at radius 2 is 1.75 bits per heavy atom. The summed E-state index contributed by atoms with van der Waals surface area (Å²) in [6.07, 6.45) is 0. The van der Waals surface area contributed by atoms with Crippen LogP contribution in [0.5, 0.6) is 0 Å². The second-order valence-corrected chi connectivity index (χ2v) is 5.39. The van der Waals surface area contributed by atoms with E-state index in [2.05, 4.69) is 50.4 Å². The van der Waals surface area contributed by atoms with E-state index in [-0.39, 0.29) is 6.04 Å². The largest absolute Gasteiger partial charge is 0.320 e. The fourth-order valence-corrected chi connectivity index (χ4v) is 2.85. The molecule has 2 aromatic rings. The summed E-state index contributed by atoms with van der Waals surface area (Å²) in [6, 6.07) is 8.52. The quantitative estimate of drug-likeness (QED) is 0.837. The summed E-state index contributed by atoms with van der Waals surface area (Å²) in [5.74, 6) is 0. The van der Waals surface area contributed by atoms with E-state index >= 15 is 0 Å². The Bertz CT molecular complexity index is 479. The highest BCUT2D eigenvalue weighted by atomic mass is 32.1. The van der Waals surface area contributed by atoms with Gasteiger partial charge in [0.15, 0.2) is 0 Å². The zero-order valence-electron chi connectivity index (χ0n) is 9.95. The molecule has 0 aliphatic rings. The van der Waals surface area contributed by atoms with Gasteiger partial charge in [0.2, 0.25) is 0 Å². The average molecular weight is 231 g/mol. The predicted molar refractivity (Wildman–Crippen MR) is 71.0 cm³/mol. The van der Waals surface area contributed by atoms with Crippen molar-refractivity contribution in [3.8, 4) is 0 Å². The van der Waals surface area contributed by atoms with E-state index in [1.54, 1.807) is 11.3 Å². The van der Waals surface area contributed by atoms with Crippen LogP contribution < -0.4 is 5.73 Å². The molecule has 0 radical (unpaired) electrons. The van der Waals surface area contributed by atoms with Crippen molar-refractivity contribution in [2.24, 2.45) is 5.73 Å². The van der Waals surface area contributed by atoms with Crippen molar-refractivity contribution in [2.45, 2.75) is 26.8 Å². The molecule has 0 amide bonds. The minimum absolute atomic E-state index is 0.00569. The van der Waals surface area contributed by atoms with E-state index in [0.29, 0.717) is 0 Å². The molecule has 1 nitrogen and oxygen atoms in total. The molecule has 0 fully saturated rings. The van der Waals surface area contributed by atoms with Crippen molar-refractivity contribution in [1.29, 1.82) is 0 Å². The molecule has 2 heteroatoms. The third-order valence-electron chi connectivity index (χ3n) is 2.96. The SMILES string of the molecule is Cc1cc(C(N)c2c(C)cccc2C)cs1. The smallest absolute Gasteiger partial charge is 0.0565 e. The van der Waals surface area contributed by atoms with Crippen molar-refractivity contribution in [1.82, 2.24) is 0 Å². The standard InChI is InChI=1S/C14H17NS/c1-9-5-4-6-10(2)13(9)14(15)12-7-11(3)16-8-12/h4-8,14H,15H2,1-3H3. The summed E-state index contributed by atoms with van der Waals surface area (Å²) in [6.45, 7) is 6.37. The Morgan fingerprint density at radius 3 is 2.25 bits per heavy atom. The summed E-state index contributed by atoms with van der Waals surface area (Å²) >= 11 is 1.76. The first kappa shape index (κ1) is 11.4. The lowest BCUT2D eigenvalue weighted by atomic mass is 9.93. The van der Waals surface area contributed by atoms with Gasteiger partial charge in [-0.05, 0) is 54.5 Å². The molecule has 1 aromatic heterocycles. The van der Waals surface area contributed by atoms with Crippen LogP contribution in [0.25, 0.3) is 0 Å². The van der Waals surface area contributed by atoms with Crippen LogP contribution in [0.1, 0.15) is 33.2 Å². The van der Waals surface area contributed by atoms with Crippen LogP contribution in [0.3, 0.4) is 0 Å². The molecular formula is C14H17NS. The fraction of sp³-hybridized carbons (Fsp3) is 0.286. The first-order valence-electron chi connectivity index (χ1n) is 5.46. The maximum absolute atomic E-state index is 6.34. The molecular weight excluding hydrogens is 214 g/mol. The predicted octanol–water partition coefficient (Wildman–Crippen LogP) is 3.72. The molecule has 1 atom stereocenters. The van der Waals surface area contributed by atoms with Crippen molar-refractivity contribution in [3.63, 3.8) is 0 Å². The first-order valence-corrected chi connectivity index (χ1v) is 6.34. The number of thiophene rings is 1. The van der Waals surface area contributed by atoms with Gasteiger partial charge in [-0.2, -0.15) is 0 Å². The Kier molecular flexibility index (Phi) is 3.13. The first-order chi connectivity index (χ1) is 7.59. The lowest BCUT2D eigenvalue weighted by molar-refractivity contribution is 0.855. The van der Waals surface area contributed by atoms with Gasteiger partial charge in [0.05, 0.1) is 6.04 Å². The van der Waals surface area contributed by atoms with E-state index in [0.717, 1.165) is 0 Å². The number of benzene rings is 1. The zero-order valence-corrected chi connectivity index (χ0v) is 10.8. The number of hydrogen-bond acceptors (Lipinski definition) is 2. The van der Waals surface area contributed by atoms with Gasteiger partial charge < -0.3 is 5.73 Å². The van der Waals surface area contributed by atoms with Crippen molar-refractivity contribution in [3.05, 3.63) is 56.8 Å². The highest BCUT2D eigenvalue weighted by Crippen LogP contribution is 2.28. The molecule has 0 aliphatic carbocycles. The van der Waals surface area contributed by atoms with E-state index in [1.807, 2.05) is 0 Å². The van der Waals surface area contributed by atoms with Gasteiger partial charge in [0.25, 0.3) is 0 Å². The minimum Gasteiger partial charge on any atom is -0.320 e. The summed E-state index contributed by atoms with van der Waals surface area (Å²) in [7, 11) is 0. The lowest BCUT2D eigenvalue weighted by Gasteiger charge is -2.16. The molecule has 0 spiro atoms. The van der Waals surface area contributed by atoms with Crippen LogP contribution in [-0.2, 0) is 0 Å². The van der Waals surface area contributed by atoms with Crippen molar-refractivity contribution >= 4 is 11.3 Å². The van der Waals surface area contributed by atoms with Crippen LogP contribution >= 0.6 is 11.3 Å². The molecule has 1 heterocycles. The highest BCUT2D eigenvalue weighted by Gasteiger charge is 2.14. The fourth-order valence-electron chi connectivity index (χ4n) is 2.11. The molecule has 16 heavy (non-hydrogen) atoms. The zero-order chi connectivity index (χ0) is 11.7. The highest BCUT2D eigenvalue weighted by molar-refractivity contribution is 7.10. The Hall–Kier alpha value is -1.12. The molecule has 0 saturated heterocycles. The molecule has 1 aromatic carbocycles.